The number of aromatic carboxylic acids is 1. The molecule has 2 heterocycles. The van der Waals surface area contributed by atoms with Crippen molar-refractivity contribution in [1.29, 1.82) is 0 Å². The maximum atomic E-state index is 12.1. The minimum Gasteiger partial charge on any atom is -0.478 e. The number of hydrogen-bond donors (Lipinski definition) is 2. The van der Waals surface area contributed by atoms with Crippen LogP contribution in [0.1, 0.15) is 28.8 Å². The van der Waals surface area contributed by atoms with E-state index in [0.29, 0.717) is 17.8 Å². The van der Waals surface area contributed by atoms with Crippen molar-refractivity contribution in [2.75, 3.05) is 24.5 Å². The summed E-state index contributed by atoms with van der Waals surface area (Å²) in [5.74, 6) is -0.960. The molecule has 1 aromatic carbocycles. The molecule has 21 heavy (non-hydrogen) atoms. The third-order valence-corrected chi connectivity index (χ3v) is 4.24. The average Bonchev–Trinajstić information content (AvgIpc) is 2.75. The summed E-state index contributed by atoms with van der Waals surface area (Å²) in [7, 11) is 0. The van der Waals surface area contributed by atoms with Gasteiger partial charge < -0.3 is 15.2 Å². The lowest BCUT2D eigenvalue weighted by molar-refractivity contribution is 0.0316. The maximum absolute atomic E-state index is 12.1. The molecule has 0 bridgehead atoms. The number of piperidine rings is 1. The number of amides is 1. The lowest BCUT2D eigenvalue weighted by atomic mass is 9.92. The maximum Gasteiger partial charge on any atom is 0.415 e. The first-order valence-corrected chi connectivity index (χ1v) is 7.06. The molecule has 1 spiro atoms. The Hall–Kier alpha value is -2.08. The third kappa shape index (κ3) is 2.47. The molecule has 6 heteroatoms. The summed E-state index contributed by atoms with van der Waals surface area (Å²) in [5, 5.41) is 12.3. The van der Waals surface area contributed by atoms with Crippen LogP contribution in [0.4, 0.5) is 10.5 Å². The van der Waals surface area contributed by atoms with E-state index in [9.17, 15) is 9.59 Å². The van der Waals surface area contributed by atoms with Crippen LogP contribution in [0, 0.1) is 6.92 Å². The quantitative estimate of drug-likeness (QED) is 0.868. The summed E-state index contributed by atoms with van der Waals surface area (Å²) in [6.45, 7) is 3.95. The third-order valence-electron chi connectivity index (χ3n) is 4.24. The highest BCUT2D eigenvalue weighted by Gasteiger charge is 2.46. The van der Waals surface area contributed by atoms with E-state index in [1.165, 1.54) is 6.07 Å². The fraction of sp³-hybridized carbons (Fsp3) is 0.467. The highest BCUT2D eigenvalue weighted by Crippen LogP contribution is 2.34. The summed E-state index contributed by atoms with van der Waals surface area (Å²) in [4.78, 5) is 24.8. The highest BCUT2D eigenvalue weighted by molar-refractivity contribution is 5.93. The molecule has 0 unspecified atom stereocenters. The van der Waals surface area contributed by atoms with Gasteiger partial charge in [0.2, 0.25) is 0 Å². The van der Waals surface area contributed by atoms with Gasteiger partial charge in [0.15, 0.2) is 0 Å². The van der Waals surface area contributed by atoms with Crippen LogP contribution in [0.5, 0.6) is 0 Å². The van der Waals surface area contributed by atoms with E-state index in [2.05, 4.69) is 5.32 Å². The number of nitrogens with one attached hydrogen (secondary N) is 1. The Morgan fingerprint density at radius 3 is 2.71 bits per heavy atom. The first-order valence-electron chi connectivity index (χ1n) is 7.06. The molecule has 6 nitrogen and oxygen atoms in total. The molecule has 0 saturated carbocycles. The SMILES string of the molecule is Cc1cc(N2CC3(CCNCC3)OC2=O)ccc1C(=O)O. The van der Waals surface area contributed by atoms with E-state index in [1.54, 1.807) is 24.0 Å². The number of hydrogen-bond acceptors (Lipinski definition) is 4. The Kier molecular flexibility index (Phi) is 3.33. The number of benzene rings is 1. The first-order chi connectivity index (χ1) is 10.0. The van der Waals surface area contributed by atoms with Gasteiger partial charge in [-0.2, -0.15) is 0 Å². The van der Waals surface area contributed by atoms with Crippen LogP contribution in [-0.4, -0.2) is 42.4 Å². The van der Waals surface area contributed by atoms with Crippen LogP contribution in [-0.2, 0) is 4.74 Å². The second-order valence-corrected chi connectivity index (χ2v) is 5.69. The number of ether oxygens (including phenoxy) is 1. The largest absolute Gasteiger partial charge is 0.478 e. The molecule has 2 fully saturated rings. The molecule has 3 rings (SSSR count). The molecule has 2 saturated heterocycles. The number of rotatable bonds is 2. The molecule has 0 atom stereocenters. The van der Waals surface area contributed by atoms with Crippen molar-refractivity contribution in [2.24, 2.45) is 0 Å². The number of nitrogens with zero attached hydrogens (tertiary/aromatic N) is 1. The van der Waals surface area contributed by atoms with E-state index < -0.39 is 11.6 Å². The first kappa shape index (κ1) is 13.9. The van der Waals surface area contributed by atoms with Gasteiger partial charge in [0.05, 0.1) is 12.1 Å². The summed E-state index contributed by atoms with van der Waals surface area (Å²) in [6, 6.07) is 4.93. The summed E-state index contributed by atoms with van der Waals surface area (Å²) in [5.41, 5.74) is 1.18. The number of aryl methyl sites for hydroxylation is 1. The van der Waals surface area contributed by atoms with Crippen LogP contribution < -0.4 is 10.2 Å². The smallest absolute Gasteiger partial charge is 0.415 e. The van der Waals surface area contributed by atoms with Gasteiger partial charge >= 0.3 is 12.1 Å². The number of carbonyl (C=O) groups excluding carboxylic acids is 1. The van der Waals surface area contributed by atoms with Crippen molar-refractivity contribution in [1.82, 2.24) is 5.32 Å². The molecule has 2 aliphatic heterocycles. The fourth-order valence-corrected chi connectivity index (χ4v) is 3.02. The molecule has 2 aliphatic rings. The lowest BCUT2D eigenvalue weighted by Crippen LogP contribution is -2.44. The summed E-state index contributed by atoms with van der Waals surface area (Å²) < 4.78 is 5.61. The Balaban J connectivity index is 1.85. The van der Waals surface area contributed by atoms with Gasteiger partial charge in [-0.3, -0.25) is 4.90 Å². The van der Waals surface area contributed by atoms with Crippen LogP contribution in [0.25, 0.3) is 0 Å². The van der Waals surface area contributed by atoms with E-state index in [4.69, 9.17) is 9.84 Å². The van der Waals surface area contributed by atoms with Gasteiger partial charge in [0.25, 0.3) is 0 Å². The zero-order valence-electron chi connectivity index (χ0n) is 11.9. The molecular formula is C15H18N2O4. The summed E-state index contributed by atoms with van der Waals surface area (Å²) >= 11 is 0. The molecule has 112 valence electrons. The van der Waals surface area contributed by atoms with Crippen molar-refractivity contribution in [3.63, 3.8) is 0 Å². The van der Waals surface area contributed by atoms with Gasteiger partial charge in [-0.15, -0.1) is 0 Å². The molecule has 0 aliphatic carbocycles. The molecule has 1 amide bonds. The van der Waals surface area contributed by atoms with Crippen molar-refractivity contribution in [3.05, 3.63) is 29.3 Å². The average molecular weight is 290 g/mol. The zero-order chi connectivity index (χ0) is 15.0. The van der Waals surface area contributed by atoms with Crippen LogP contribution >= 0.6 is 0 Å². The standard InChI is InChI=1S/C15H18N2O4/c1-10-8-11(2-3-12(10)13(18)19)17-9-15(21-14(17)20)4-6-16-7-5-15/h2-3,8,16H,4-7,9H2,1H3,(H,18,19). The molecule has 0 radical (unpaired) electrons. The fourth-order valence-electron chi connectivity index (χ4n) is 3.02. The number of carboxylic acids is 1. The second kappa shape index (κ2) is 5.04. The normalized spacial score (nSPS) is 20.6. The van der Waals surface area contributed by atoms with E-state index in [1.807, 2.05) is 0 Å². The van der Waals surface area contributed by atoms with E-state index >= 15 is 0 Å². The minimum atomic E-state index is -0.960. The molecule has 0 aromatic heterocycles. The number of carboxylic acid groups (broad SMARTS) is 1. The lowest BCUT2D eigenvalue weighted by Gasteiger charge is -2.31. The van der Waals surface area contributed by atoms with Crippen molar-refractivity contribution < 1.29 is 19.4 Å². The van der Waals surface area contributed by atoms with Gasteiger partial charge in [-0.1, -0.05) is 0 Å². The van der Waals surface area contributed by atoms with Gasteiger partial charge in [0, 0.05) is 18.5 Å². The van der Waals surface area contributed by atoms with Crippen LogP contribution in [0.15, 0.2) is 18.2 Å². The molecule has 1 aromatic rings. The Labute approximate surface area is 122 Å². The zero-order valence-corrected chi connectivity index (χ0v) is 11.9. The topological polar surface area (TPSA) is 78.9 Å². The van der Waals surface area contributed by atoms with E-state index in [-0.39, 0.29) is 11.7 Å². The van der Waals surface area contributed by atoms with Gasteiger partial charge in [-0.25, -0.2) is 9.59 Å². The highest BCUT2D eigenvalue weighted by atomic mass is 16.6. The monoisotopic (exact) mass is 290 g/mol. The minimum absolute atomic E-state index is 0.253. The van der Waals surface area contributed by atoms with Crippen molar-refractivity contribution in [2.45, 2.75) is 25.4 Å². The van der Waals surface area contributed by atoms with Crippen LogP contribution in [0.3, 0.4) is 0 Å². The van der Waals surface area contributed by atoms with Crippen molar-refractivity contribution >= 4 is 17.7 Å². The Bertz CT molecular complexity index is 593. The second-order valence-electron chi connectivity index (χ2n) is 5.69. The Morgan fingerprint density at radius 2 is 2.10 bits per heavy atom. The van der Waals surface area contributed by atoms with Gasteiger partial charge in [0.1, 0.15) is 5.60 Å². The van der Waals surface area contributed by atoms with Crippen LogP contribution in [0.2, 0.25) is 0 Å². The number of anilines is 1. The predicted molar refractivity (Wildman–Crippen MR) is 76.8 cm³/mol. The molecule has 2 N–H and O–H groups in total. The summed E-state index contributed by atoms with van der Waals surface area (Å²) in [6.07, 6.45) is 1.27. The Morgan fingerprint density at radius 1 is 1.38 bits per heavy atom. The number of carbonyl (C=O) groups is 2. The van der Waals surface area contributed by atoms with E-state index in [0.717, 1.165) is 25.9 Å². The molecular weight excluding hydrogens is 272 g/mol. The predicted octanol–water partition coefficient (Wildman–Crippen LogP) is 1.77. The van der Waals surface area contributed by atoms with Crippen molar-refractivity contribution in [3.8, 4) is 0 Å². The van der Waals surface area contributed by atoms with Gasteiger partial charge in [-0.05, 0) is 43.8 Å².